The molecule has 0 spiro atoms. The van der Waals surface area contributed by atoms with Crippen molar-refractivity contribution in [3.63, 3.8) is 0 Å². The topological polar surface area (TPSA) is 85.3 Å². The Morgan fingerprint density at radius 2 is 2.00 bits per heavy atom. The number of likely N-dealkylation sites (N-methyl/N-ethyl adjacent to an activating group) is 1. The van der Waals surface area contributed by atoms with Gasteiger partial charge in [0.1, 0.15) is 0 Å². The van der Waals surface area contributed by atoms with Gasteiger partial charge in [-0.2, -0.15) is 0 Å². The number of aliphatic hydroxyl groups excluding tert-OH is 1. The van der Waals surface area contributed by atoms with Gasteiger partial charge in [0.15, 0.2) is 0 Å². The molecular weight excluding hydrogens is 274 g/mol. The Morgan fingerprint density at radius 1 is 1.32 bits per heavy atom. The van der Waals surface area contributed by atoms with Crippen LogP contribution >= 0.6 is 12.2 Å². The van der Waals surface area contributed by atoms with Gasteiger partial charge in [0, 0.05) is 13.0 Å². The minimum atomic E-state index is -0.515. The van der Waals surface area contributed by atoms with Crippen molar-refractivity contribution in [2.75, 3.05) is 41.0 Å². The number of hydrogen-bond acceptors (Lipinski definition) is 8. The molecule has 0 aliphatic rings. The second-order valence-electron chi connectivity index (χ2n) is 3.77. The third-order valence-electron chi connectivity index (χ3n) is 2.32. The molecule has 0 heterocycles. The van der Waals surface area contributed by atoms with E-state index < -0.39 is 11.9 Å². The maximum Gasteiger partial charge on any atom is 0.311 e. The van der Waals surface area contributed by atoms with E-state index in [0.717, 1.165) is 12.2 Å². The molecule has 0 aliphatic heterocycles. The van der Waals surface area contributed by atoms with E-state index in [-0.39, 0.29) is 25.6 Å². The van der Waals surface area contributed by atoms with Gasteiger partial charge in [-0.15, -0.1) is 0 Å². The van der Waals surface area contributed by atoms with Gasteiger partial charge in [0.2, 0.25) is 0 Å². The molecule has 0 aromatic heterocycles. The Labute approximate surface area is 117 Å². The fourth-order valence-corrected chi connectivity index (χ4v) is 1.77. The monoisotopic (exact) mass is 295 g/mol. The number of methoxy groups -OCH3 is 2. The Balaban J connectivity index is 4.06. The molecule has 0 fully saturated rings. The van der Waals surface area contributed by atoms with Gasteiger partial charge in [-0.1, -0.05) is 0 Å². The summed E-state index contributed by atoms with van der Waals surface area (Å²) in [5.41, 5.74) is 0. The highest BCUT2D eigenvalue weighted by Crippen LogP contribution is 2.15. The van der Waals surface area contributed by atoms with Crippen LogP contribution in [0.15, 0.2) is 0 Å². The summed E-state index contributed by atoms with van der Waals surface area (Å²) in [6.07, 6.45) is 0.445. The normalized spacial score (nSPS) is 12.3. The van der Waals surface area contributed by atoms with Crippen molar-refractivity contribution in [2.24, 2.45) is 5.92 Å². The summed E-state index contributed by atoms with van der Waals surface area (Å²) in [4.78, 5) is 22.5. The van der Waals surface area contributed by atoms with Gasteiger partial charge >= 0.3 is 11.9 Å². The van der Waals surface area contributed by atoms with Crippen molar-refractivity contribution in [3.8, 4) is 0 Å². The highest BCUT2D eigenvalue weighted by Gasteiger charge is 2.21. The lowest BCUT2D eigenvalue weighted by atomic mass is 10.1. The molecule has 112 valence electrons. The molecule has 7 nitrogen and oxygen atoms in total. The molecule has 8 heteroatoms. The van der Waals surface area contributed by atoms with E-state index in [9.17, 15) is 9.59 Å². The summed E-state index contributed by atoms with van der Waals surface area (Å²) in [7, 11) is 4.34. The number of rotatable bonds is 10. The van der Waals surface area contributed by atoms with Crippen LogP contribution in [0.5, 0.6) is 0 Å². The van der Waals surface area contributed by atoms with Crippen molar-refractivity contribution in [1.82, 2.24) is 4.31 Å². The highest BCUT2D eigenvalue weighted by atomic mass is 32.2. The molecule has 0 saturated heterocycles. The molecule has 0 aromatic carbocycles. The van der Waals surface area contributed by atoms with Crippen LogP contribution in [-0.2, 0) is 23.2 Å². The fraction of sp³-hybridized carbons (Fsp3) is 0.818. The molecule has 0 aromatic rings. The van der Waals surface area contributed by atoms with Crippen LogP contribution in [0, 0.1) is 5.92 Å². The summed E-state index contributed by atoms with van der Waals surface area (Å²) < 4.78 is 16.1. The number of esters is 2. The number of hydrogen-bond donors (Lipinski definition) is 1. The molecule has 0 amide bonds. The van der Waals surface area contributed by atoms with Crippen LogP contribution in [0.3, 0.4) is 0 Å². The van der Waals surface area contributed by atoms with E-state index in [1.807, 2.05) is 0 Å². The molecule has 0 saturated carbocycles. The maximum absolute atomic E-state index is 11.5. The average Bonchev–Trinajstić information content (AvgIpc) is 2.41. The van der Waals surface area contributed by atoms with E-state index >= 15 is 0 Å². The van der Waals surface area contributed by atoms with Crippen LogP contribution in [0.4, 0.5) is 0 Å². The first kappa shape index (κ1) is 18.2. The Kier molecular flexibility index (Phi) is 10.6. The molecule has 19 heavy (non-hydrogen) atoms. The lowest BCUT2D eigenvalue weighted by Gasteiger charge is -2.16. The van der Waals surface area contributed by atoms with Crippen molar-refractivity contribution in [3.05, 3.63) is 0 Å². The summed E-state index contributed by atoms with van der Waals surface area (Å²) >= 11 is 1.05. The fourth-order valence-electron chi connectivity index (χ4n) is 1.21. The minimum Gasteiger partial charge on any atom is -0.469 e. The van der Waals surface area contributed by atoms with Crippen LogP contribution in [-0.4, -0.2) is 62.4 Å². The highest BCUT2D eigenvalue weighted by molar-refractivity contribution is 7.92. The van der Waals surface area contributed by atoms with E-state index in [4.69, 9.17) is 9.29 Å². The van der Waals surface area contributed by atoms with Gasteiger partial charge in [-0.05, 0) is 13.5 Å². The summed E-state index contributed by atoms with van der Waals surface area (Å²) in [6.45, 7) is 0.607. The van der Waals surface area contributed by atoms with Gasteiger partial charge in [0.05, 0.1) is 45.6 Å². The average molecular weight is 295 g/mol. The molecule has 0 radical (unpaired) electrons. The van der Waals surface area contributed by atoms with Crippen molar-refractivity contribution >= 4 is 24.2 Å². The Hall–Kier alpha value is -0.830. The lowest BCUT2D eigenvalue weighted by molar-refractivity contribution is -0.147. The first-order valence-corrected chi connectivity index (χ1v) is 6.51. The van der Waals surface area contributed by atoms with Crippen molar-refractivity contribution in [2.45, 2.75) is 12.8 Å². The first-order chi connectivity index (χ1) is 9.04. The largest absolute Gasteiger partial charge is 0.469 e. The van der Waals surface area contributed by atoms with Crippen LogP contribution < -0.4 is 0 Å². The van der Waals surface area contributed by atoms with Crippen LogP contribution in [0.25, 0.3) is 0 Å². The molecule has 1 unspecified atom stereocenters. The Morgan fingerprint density at radius 3 is 2.53 bits per heavy atom. The van der Waals surface area contributed by atoms with Crippen LogP contribution in [0.2, 0.25) is 0 Å². The number of ether oxygens (including phenoxy) is 2. The summed E-state index contributed by atoms with van der Waals surface area (Å²) in [5.74, 6) is -1.31. The van der Waals surface area contributed by atoms with Gasteiger partial charge in [-0.3, -0.25) is 9.59 Å². The molecule has 0 aliphatic carbocycles. The van der Waals surface area contributed by atoms with Gasteiger partial charge < -0.3 is 18.8 Å². The second-order valence-corrected chi connectivity index (χ2v) is 4.78. The van der Waals surface area contributed by atoms with E-state index in [0.29, 0.717) is 13.0 Å². The van der Waals surface area contributed by atoms with Crippen molar-refractivity contribution < 1.29 is 28.4 Å². The standard InChI is InChI=1S/C11H21NO6S/c1-12(6-7-13)19-18-8-9(11(15)17-3)4-5-10(14)16-2/h9,13H,4-8H2,1-3H3. The number of carbonyl (C=O) groups excluding carboxylic acids is 2. The molecule has 1 N–H and O–H groups in total. The predicted octanol–water partition coefficient (Wildman–Crippen LogP) is 0.233. The molecule has 0 bridgehead atoms. The smallest absolute Gasteiger partial charge is 0.311 e. The third-order valence-corrected chi connectivity index (χ3v) is 3.00. The zero-order chi connectivity index (χ0) is 14.7. The number of nitrogens with zero attached hydrogens (tertiary/aromatic N) is 1. The molecular formula is C11H21NO6S. The predicted molar refractivity (Wildman–Crippen MR) is 70.0 cm³/mol. The quantitative estimate of drug-likeness (QED) is 0.348. The zero-order valence-electron chi connectivity index (χ0n) is 11.5. The third kappa shape index (κ3) is 8.82. The van der Waals surface area contributed by atoms with Crippen LogP contribution in [0.1, 0.15) is 12.8 Å². The SMILES string of the molecule is COC(=O)CCC(COSN(C)CCO)C(=O)OC. The van der Waals surface area contributed by atoms with E-state index in [1.54, 1.807) is 11.4 Å². The van der Waals surface area contributed by atoms with Gasteiger partial charge in [-0.25, -0.2) is 4.31 Å². The Bertz CT molecular complexity index is 276. The maximum atomic E-state index is 11.5. The first-order valence-electron chi connectivity index (χ1n) is 5.81. The molecule has 0 rings (SSSR count). The minimum absolute atomic E-state index is 0.0234. The molecule has 1 atom stereocenters. The van der Waals surface area contributed by atoms with E-state index in [1.165, 1.54) is 14.2 Å². The zero-order valence-corrected chi connectivity index (χ0v) is 12.3. The number of carbonyl (C=O) groups is 2. The van der Waals surface area contributed by atoms with E-state index in [2.05, 4.69) is 9.47 Å². The van der Waals surface area contributed by atoms with Gasteiger partial charge in [0.25, 0.3) is 0 Å². The lowest BCUT2D eigenvalue weighted by Crippen LogP contribution is -2.23. The summed E-state index contributed by atoms with van der Waals surface area (Å²) in [5, 5.41) is 8.71. The van der Waals surface area contributed by atoms with Crippen molar-refractivity contribution in [1.29, 1.82) is 0 Å². The number of aliphatic hydroxyl groups is 1. The second kappa shape index (κ2) is 11.0. The summed E-state index contributed by atoms with van der Waals surface area (Å²) in [6, 6.07) is 0.